The van der Waals surface area contributed by atoms with Crippen LogP contribution >= 0.6 is 0 Å². The molecule has 3 heteroatoms. The number of nitrogens with two attached hydrogens (primary N) is 1. The number of aromatic nitrogens is 1. The van der Waals surface area contributed by atoms with E-state index in [1.54, 1.807) is 18.2 Å². The van der Waals surface area contributed by atoms with E-state index in [1.165, 1.54) is 0 Å². The molecule has 1 aromatic heterocycles. The Balaban J connectivity index is 2.59. The third kappa shape index (κ3) is 1.78. The molecule has 0 saturated carbocycles. The summed E-state index contributed by atoms with van der Waals surface area (Å²) in [5.74, 6) is -0.193. The summed E-state index contributed by atoms with van der Waals surface area (Å²) in [6.45, 7) is 2.33. The second kappa shape index (κ2) is 3.87. The SMILES string of the molecule is Cc1cc2c(F)c(/C=C/CN)ccc2[nH]1. The molecule has 0 spiro atoms. The third-order valence-corrected chi connectivity index (χ3v) is 2.34. The first-order chi connectivity index (χ1) is 7.22. The minimum absolute atomic E-state index is 0.193. The Morgan fingerprint density at radius 2 is 2.27 bits per heavy atom. The molecule has 0 aliphatic carbocycles. The van der Waals surface area contributed by atoms with E-state index in [4.69, 9.17) is 5.73 Å². The summed E-state index contributed by atoms with van der Waals surface area (Å²) in [4.78, 5) is 3.09. The Labute approximate surface area is 87.6 Å². The molecule has 0 aliphatic rings. The number of hydrogen-bond donors (Lipinski definition) is 2. The molecule has 15 heavy (non-hydrogen) atoms. The van der Waals surface area contributed by atoms with Crippen LogP contribution in [0.3, 0.4) is 0 Å². The van der Waals surface area contributed by atoms with Crippen LogP contribution in [0.15, 0.2) is 24.3 Å². The van der Waals surface area contributed by atoms with Gasteiger partial charge in [0.25, 0.3) is 0 Å². The first-order valence-corrected chi connectivity index (χ1v) is 4.87. The molecule has 2 nitrogen and oxygen atoms in total. The number of nitrogens with one attached hydrogen (secondary N) is 1. The fraction of sp³-hybridized carbons (Fsp3) is 0.167. The zero-order valence-electron chi connectivity index (χ0n) is 8.55. The highest BCUT2D eigenvalue weighted by atomic mass is 19.1. The molecule has 2 rings (SSSR count). The molecule has 1 aromatic carbocycles. The number of halogens is 1. The van der Waals surface area contributed by atoms with Crippen molar-refractivity contribution < 1.29 is 4.39 Å². The Morgan fingerprint density at radius 1 is 1.47 bits per heavy atom. The van der Waals surface area contributed by atoms with Crippen molar-refractivity contribution in [1.82, 2.24) is 4.98 Å². The summed E-state index contributed by atoms with van der Waals surface area (Å²) in [6, 6.07) is 5.44. The van der Waals surface area contributed by atoms with Crippen molar-refractivity contribution in [1.29, 1.82) is 0 Å². The van der Waals surface area contributed by atoms with Crippen LogP contribution in [-0.2, 0) is 0 Å². The van der Waals surface area contributed by atoms with E-state index in [9.17, 15) is 4.39 Å². The quantitative estimate of drug-likeness (QED) is 0.775. The number of aryl methyl sites for hydroxylation is 1. The van der Waals surface area contributed by atoms with E-state index in [0.29, 0.717) is 17.5 Å². The molecule has 0 unspecified atom stereocenters. The van der Waals surface area contributed by atoms with E-state index in [-0.39, 0.29) is 5.82 Å². The van der Waals surface area contributed by atoms with Crippen LogP contribution in [0.1, 0.15) is 11.3 Å². The zero-order valence-corrected chi connectivity index (χ0v) is 8.55. The molecule has 0 atom stereocenters. The van der Waals surface area contributed by atoms with Gasteiger partial charge in [-0.1, -0.05) is 12.2 Å². The lowest BCUT2D eigenvalue weighted by Gasteiger charge is -1.98. The van der Waals surface area contributed by atoms with Gasteiger partial charge < -0.3 is 10.7 Å². The molecule has 2 aromatic rings. The number of fused-ring (bicyclic) bond motifs is 1. The van der Waals surface area contributed by atoms with Crippen molar-refractivity contribution >= 4 is 17.0 Å². The zero-order chi connectivity index (χ0) is 10.8. The number of H-pyrrole nitrogens is 1. The predicted molar refractivity (Wildman–Crippen MR) is 61.1 cm³/mol. The normalized spacial score (nSPS) is 11.7. The van der Waals surface area contributed by atoms with Crippen molar-refractivity contribution in [3.63, 3.8) is 0 Å². The molecule has 78 valence electrons. The first-order valence-electron chi connectivity index (χ1n) is 4.87. The van der Waals surface area contributed by atoms with E-state index in [2.05, 4.69) is 4.98 Å². The predicted octanol–water partition coefficient (Wildman–Crippen LogP) is 2.59. The summed E-state index contributed by atoms with van der Waals surface area (Å²) in [6.07, 6.45) is 3.45. The molecule has 0 bridgehead atoms. The summed E-state index contributed by atoms with van der Waals surface area (Å²) in [7, 11) is 0. The highest BCUT2D eigenvalue weighted by Gasteiger charge is 2.06. The number of hydrogen-bond acceptors (Lipinski definition) is 1. The summed E-state index contributed by atoms with van der Waals surface area (Å²) in [5, 5.41) is 0.631. The van der Waals surface area contributed by atoms with Gasteiger partial charge >= 0.3 is 0 Å². The Bertz CT molecular complexity index is 512. The fourth-order valence-electron chi connectivity index (χ4n) is 1.65. The maximum Gasteiger partial charge on any atom is 0.139 e. The van der Waals surface area contributed by atoms with Crippen molar-refractivity contribution in [2.75, 3.05) is 6.54 Å². The topological polar surface area (TPSA) is 41.8 Å². The average Bonchev–Trinajstić information content (AvgIpc) is 2.59. The number of benzene rings is 1. The Morgan fingerprint density at radius 3 is 3.00 bits per heavy atom. The van der Waals surface area contributed by atoms with Crippen molar-refractivity contribution in [2.45, 2.75) is 6.92 Å². The van der Waals surface area contributed by atoms with Crippen LogP contribution < -0.4 is 5.73 Å². The minimum Gasteiger partial charge on any atom is -0.359 e. The van der Waals surface area contributed by atoms with Gasteiger partial charge in [0.2, 0.25) is 0 Å². The van der Waals surface area contributed by atoms with Gasteiger partial charge in [0.15, 0.2) is 0 Å². The highest BCUT2D eigenvalue weighted by Crippen LogP contribution is 2.22. The second-order valence-corrected chi connectivity index (χ2v) is 3.52. The van der Waals surface area contributed by atoms with Gasteiger partial charge in [-0.25, -0.2) is 4.39 Å². The van der Waals surface area contributed by atoms with E-state index >= 15 is 0 Å². The van der Waals surface area contributed by atoms with Gasteiger partial charge in [-0.05, 0) is 25.1 Å². The molecule has 0 saturated heterocycles. The summed E-state index contributed by atoms with van der Waals surface area (Å²) in [5.41, 5.74) is 7.69. The smallest absolute Gasteiger partial charge is 0.139 e. The third-order valence-electron chi connectivity index (χ3n) is 2.34. The van der Waals surface area contributed by atoms with Crippen LogP contribution in [0.2, 0.25) is 0 Å². The number of rotatable bonds is 2. The van der Waals surface area contributed by atoms with Crippen molar-refractivity contribution in [3.8, 4) is 0 Å². The maximum absolute atomic E-state index is 13.9. The maximum atomic E-state index is 13.9. The monoisotopic (exact) mass is 204 g/mol. The van der Waals surface area contributed by atoms with Crippen LogP contribution in [0.5, 0.6) is 0 Å². The molecule has 0 aliphatic heterocycles. The van der Waals surface area contributed by atoms with Crippen LogP contribution in [0, 0.1) is 12.7 Å². The number of aromatic amines is 1. The lowest BCUT2D eigenvalue weighted by molar-refractivity contribution is 0.637. The molecule has 1 heterocycles. The van der Waals surface area contributed by atoms with Crippen LogP contribution in [-0.4, -0.2) is 11.5 Å². The fourth-order valence-corrected chi connectivity index (χ4v) is 1.65. The minimum atomic E-state index is -0.193. The molecule has 0 amide bonds. The Hall–Kier alpha value is -1.61. The van der Waals surface area contributed by atoms with E-state index in [1.807, 2.05) is 19.1 Å². The summed E-state index contributed by atoms with van der Waals surface area (Å²) < 4.78 is 13.9. The molecule has 0 radical (unpaired) electrons. The molecule has 0 fully saturated rings. The van der Waals surface area contributed by atoms with Gasteiger partial charge in [-0.3, -0.25) is 0 Å². The highest BCUT2D eigenvalue weighted by molar-refractivity contribution is 5.83. The Kier molecular flexibility index (Phi) is 2.56. The van der Waals surface area contributed by atoms with Crippen molar-refractivity contribution in [3.05, 3.63) is 41.3 Å². The molecular weight excluding hydrogens is 191 g/mol. The second-order valence-electron chi connectivity index (χ2n) is 3.52. The van der Waals surface area contributed by atoms with E-state index < -0.39 is 0 Å². The van der Waals surface area contributed by atoms with Gasteiger partial charge in [0.1, 0.15) is 5.82 Å². The molecule has 3 N–H and O–H groups in total. The largest absolute Gasteiger partial charge is 0.359 e. The van der Waals surface area contributed by atoms with Gasteiger partial charge in [0, 0.05) is 28.7 Å². The lowest BCUT2D eigenvalue weighted by atomic mass is 10.1. The molecular formula is C12H13FN2. The van der Waals surface area contributed by atoms with E-state index in [0.717, 1.165) is 11.2 Å². The average molecular weight is 204 g/mol. The van der Waals surface area contributed by atoms with Gasteiger partial charge in [-0.2, -0.15) is 0 Å². The van der Waals surface area contributed by atoms with Gasteiger partial charge in [0.05, 0.1) is 0 Å². The van der Waals surface area contributed by atoms with Crippen LogP contribution in [0.25, 0.3) is 17.0 Å². The van der Waals surface area contributed by atoms with Crippen molar-refractivity contribution in [2.24, 2.45) is 5.73 Å². The first kappa shape index (κ1) is 9.93. The van der Waals surface area contributed by atoms with Crippen LogP contribution in [0.4, 0.5) is 4.39 Å². The lowest BCUT2D eigenvalue weighted by Crippen LogP contribution is -1.92. The summed E-state index contributed by atoms with van der Waals surface area (Å²) >= 11 is 0. The standard InChI is InChI=1S/C12H13FN2/c1-8-7-10-11(15-8)5-4-9(12(10)13)3-2-6-14/h2-5,7,15H,6,14H2,1H3/b3-2+. The van der Waals surface area contributed by atoms with Gasteiger partial charge in [-0.15, -0.1) is 0 Å².